The number of hydrogen-bond acceptors (Lipinski definition) is 1. The summed E-state index contributed by atoms with van der Waals surface area (Å²) in [6, 6.07) is 6.92. The summed E-state index contributed by atoms with van der Waals surface area (Å²) < 4.78 is 16.4. The molecule has 4 heteroatoms. The molecule has 2 aromatic rings. The van der Waals surface area contributed by atoms with Crippen LogP contribution in [0.15, 0.2) is 28.9 Å². The quantitative estimate of drug-likeness (QED) is 0.914. The van der Waals surface area contributed by atoms with Gasteiger partial charge in [0.1, 0.15) is 5.82 Å². The minimum atomic E-state index is -0.181. The lowest BCUT2D eigenvalue weighted by Crippen LogP contribution is -2.05. The number of aromatic nitrogens is 1. The minimum absolute atomic E-state index is 0.181. The number of aryl methyl sites for hydroxylation is 1. The summed E-state index contributed by atoms with van der Waals surface area (Å²) in [5.41, 5.74) is 6.38. The van der Waals surface area contributed by atoms with Gasteiger partial charge in [0.2, 0.25) is 0 Å². The van der Waals surface area contributed by atoms with Crippen LogP contribution >= 0.6 is 15.9 Å². The van der Waals surface area contributed by atoms with Crippen LogP contribution in [0, 0.1) is 5.82 Å². The van der Waals surface area contributed by atoms with Crippen molar-refractivity contribution in [1.82, 2.24) is 4.57 Å². The van der Waals surface area contributed by atoms with Crippen molar-refractivity contribution in [1.29, 1.82) is 0 Å². The average molecular weight is 271 g/mol. The normalized spacial score (nSPS) is 11.1. The Morgan fingerprint density at radius 1 is 1.40 bits per heavy atom. The van der Waals surface area contributed by atoms with Gasteiger partial charge in [-0.2, -0.15) is 0 Å². The predicted molar refractivity (Wildman–Crippen MR) is 63.3 cm³/mol. The zero-order valence-corrected chi connectivity index (χ0v) is 9.80. The summed E-state index contributed by atoms with van der Waals surface area (Å²) in [6.45, 7) is 1.45. The maximum absolute atomic E-state index is 13.4. The molecule has 80 valence electrons. The predicted octanol–water partition coefficient (Wildman–Crippen LogP) is 2.89. The molecule has 0 radical (unpaired) electrons. The second kappa shape index (κ2) is 4.33. The average Bonchev–Trinajstić information content (AvgIpc) is 2.54. The van der Waals surface area contributed by atoms with Crippen LogP contribution in [-0.4, -0.2) is 11.1 Å². The molecule has 0 bridgehead atoms. The summed E-state index contributed by atoms with van der Waals surface area (Å²) in [5, 5.41) is 0.654. The molecule has 0 atom stereocenters. The van der Waals surface area contributed by atoms with Crippen molar-refractivity contribution >= 4 is 26.8 Å². The van der Waals surface area contributed by atoms with E-state index in [0.717, 1.165) is 23.1 Å². The number of halogens is 2. The van der Waals surface area contributed by atoms with E-state index in [1.165, 1.54) is 6.07 Å². The van der Waals surface area contributed by atoms with Gasteiger partial charge < -0.3 is 10.3 Å². The first-order valence-corrected chi connectivity index (χ1v) is 5.66. The highest BCUT2D eigenvalue weighted by atomic mass is 79.9. The highest BCUT2D eigenvalue weighted by molar-refractivity contribution is 9.10. The molecule has 1 aromatic heterocycles. The van der Waals surface area contributed by atoms with Gasteiger partial charge in [-0.3, -0.25) is 0 Å². The molecule has 2 nitrogen and oxygen atoms in total. The van der Waals surface area contributed by atoms with Gasteiger partial charge in [-0.15, -0.1) is 0 Å². The van der Waals surface area contributed by atoms with Gasteiger partial charge >= 0.3 is 0 Å². The standard InChI is InChI=1S/C11H12BrFN2/c12-11-7-8-9(13)3-1-4-10(8)15(11)6-2-5-14/h1,3-4,7H,2,5-6,14H2. The zero-order chi connectivity index (χ0) is 10.8. The van der Waals surface area contributed by atoms with Crippen LogP contribution in [0.25, 0.3) is 10.9 Å². The number of nitrogens with zero attached hydrogens (tertiary/aromatic N) is 1. The molecule has 0 amide bonds. The molecule has 0 aliphatic heterocycles. The molecule has 0 fully saturated rings. The maximum Gasteiger partial charge on any atom is 0.132 e. The molecular weight excluding hydrogens is 259 g/mol. The van der Waals surface area contributed by atoms with Crippen LogP contribution in [0.2, 0.25) is 0 Å². The van der Waals surface area contributed by atoms with Gasteiger partial charge in [-0.05, 0) is 47.1 Å². The number of rotatable bonds is 3. The maximum atomic E-state index is 13.4. The minimum Gasteiger partial charge on any atom is -0.335 e. The Morgan fingerprint density at radius 2 is 2.20 bits per heavy atom. The van der Waals surface area contributed by atoms with Gasteiger partial charge in [0.05, 0.1) is 10.1 Å². The van der Waals surface area contributed by atoms with Crippen LogP contribution in [0.4, 0.5) is 4.39 Å². The van der Waals surface area contributed by atoms with Crippen LogP contribution in [-0.2, 0) is 6.54 Å². The van der Waals surface area contributed by atoms with E-state index in [1.54, 1.807) is 12.1 Å². The van der Waals surface area contributed by atoms with Crippen molar-refractivity contribution in [3.8, 4) is 0 Å². The first-order valence-electron chi connectivity index (χ1n) is 4.87. The van der Waals surface area contributed by atoms with Crippen LogP contribution in [0.1, 0.15) is 6.42 Å². The van der Waals surface area contributed by atoms with Crippen LogP contribution < -0.4 is 5.73 Å². The smallest absolute Gasteiger partial charge is 0.132 e. The molecule has 2 N–H and O–H groups in total. The van der Waals surface area contributed by atoms with Gasteiger partial charge in [-0.25, -0.2) is 4.39 Å². The summed E-state index contributed by atoms with van der Waals surface area (Å²) in [7, 11) is 0. The summed E-state index contributed by atoms with van der Waals surface area (Å²) in [6.07, 6.45) is 0.888. The van der Waals surface area contributed by atoms with Crippen molar-refractivity contribution in [2.45, 2.75) is 13.0 Å². The lowest BCUT2D eigenvalue weighted by molar-refractivity contribution is 0.638. The van der Waals surface area contributed by atoms with E-state index in [1.807, 2.05) is 10.6 Å². The largest absolute Gasteiger partial charge is 0.335 e. The summed E-state index contributed by atoms with van der Waals surface area (Å²) in [4.78, 5) is 0. The Kier molecular flexibility index (Phi) is 3.07. The molecule has 0 unspecified atom stereocenters. The second-order valence-electron chi connectivity index (χ2n) is 3.43. The Labute approximate surface area is 96.0 Å². The van der Waals surface area contributed by atoms with E-state index in [2.05, 4.69) is 15.9 Å². The Balaban J connectivity index is 2.53. The fraction of sp³-hybridized carbons (Fsp3) is 0.273. The van der Waals surface area contributed by atoms with E-state index < -0.39 is 0 Å². The highest BCUT2D eigenvalue weighted by Gasteiger charge is 2.08. The fourth-order valence-corrected chi connectivity index (χ4v) is 2.29. The van der Waals surface area contributed by atoms with Gasteiger partial charge in [0, 0.05) is 11.9 Å². The summed E-state index contributed by atoms with van der Waals surface area (Å²) in [5.74, 6) is -0.181. The SMILES string of the molecule is NCCCn1c(Br)cc2c(F)cccc21. The Hall–Kier alpha value is -0.870. The second-order valence-corrected chi connectivity index (χ2v) is 4.25. The van der Waals surface area contributed by atoms with E-state index in [9.17, 15) is 4.39 Å². The van der Waals surface area contributed by atoms with E-state index in [4.69, 9.17) is 5.73 Å². The monoisotopic (exact) mass is 270 g/mol. The van der Waals surface area contributed by atoms with Crippen molar-refractivity contribution in [2.75, 3.05) is 6.54 Å². The lowest BCUT2D eigenvalue weighted by Gasteiger charge is -2.05. The van der Waals surface area contributed by atoms with Crippen molar-refractivity contribution in [3.05, 3.63) is 34.7 Å². The zero-order valence-electron chi connectivity index (χ0n) is 8.21. The Bertz CT molecular complexity index is 479. The van der Waals surface area contributed by atoms with Crippen molar-refractivity contribution in [2.24, 2.45) is 5.73 Å². The number of hydrogen-bond donors (Lipinski definition) is 1. The number of nitrogens with two attached hydrogens (primary N) is 1. The van der Waals surface area contributed by atoms with E-state index in [0.29, 0.717) is 11.9 Å². The van der Waals surface area contributed by atoms with Crippen molar-refractivity contribution in [3.63, 3.8) is 0 Å². The molecule has 1 aromatic carbocycles. The number of benzene rings is 1. The molecule has 1 heterocycles. The van der Waals surface area contributed by atoms with Gasteiger partial charge in [0.25, 0.3) is 0 Å². The Morgan fingerprint density at radius 3 is 2.93 bits per heavy atom. The molecule has 0 saturated carbocycles. The highest BCUT2D eigenvalue weighted by Crippen LogP contribution is 2.26. The molecule has 0 aliphatic carbocycles. The van der Waals surface area contributed by atoms with Crippen molar-refractivity contribution < 1.29 is 4.39 Å². The van der Waals surface area contributed by atoms with Gasteiger partial charge in [0.15, 0.2) is 0 Å². The number of fused-ring (bicyclic) bond motifs is 1. The molecule has 15 heavy (non-hydrogen) atoms. The molecule has 2 rings (SSSR count). The fourth-order valence-electron chi connectivity index (χ4n) is 1.69. The molecule has 0 saturated heterocycles. The van der Waals surface area contributed by atoms with E-state index >= 15 is 0 Å². The first-order chi connectivity index (χ1) is 7.24. The third-order valence-corrected chi connectivity index (χ3v) is 3.08. The van der Waals surface area contributed by atoms with Crippen LogP contribution in [0.3, 0.4) is 0 Å². The third kappa shape index (κ3) is 1.92. The molecule has 0 spiro atoms. The van der Waals surface area contributed by atoms with Crippen LogP contribution in [0.5, 0.6) is 0 Å². The topological polar surface area (TPSA) is 30.9 Å². The first kappa shape index (κ1) is 10.6. The van der Waals surface area contributed by atoms with Gasteiger partial charge in [-0.1, -0.05) is 6.07 Å². The molecule has 0 aliphatic rings. The van der Waals surface area contributed by atoms with E-state index in [-0.39, 0.29) is 5.82 Å². The lowest BCUT2D eigenvalue weighted by atomic mass is 10.2. The molecular formula is C11H12BrFN2. The third-order valence-electron chi connectivity index (χ3n) is 2.43. The summed E-state index contributed by atoms with van der Waals surface area (Å²) >= 11 is 3.43.